The monoisotopic (exact) mass is 346 g/mol. The molecule has 1 aromatic carbocycles. The van der Waals surface area contributed by atoms with Crippen molar-refractivity contribution in [3.8, 4) is 0 Å². The predicted molar refractivity (Wildman–Crippen MR) is 91.4 cm³/mol. The normalized spacial score (nSPS) is 11.5. The number of rotatable bonds is 8. The van der Waals surface area contributed by atoms with Gasteiger partial charge in [0.25, 0.3) is 0 Å². The molecular formula is C17H18N2O4S. The first-order chi connectivity index (χ1) is 11.5. The van der Waals surface area contributed by atoms with Gasteiger partial charge in [0.1, 0.15) is 5.76 Å². The van der Waals surface area contributed by atoms with Crippen LogP contribution >= 0.6 is 0 Å². The van der Waals surface area contributed by atoms with Crippen LogP contribution in [0.2, 0.25) is 0 Å². The topological polar surface area (TPSA) is 88.4 Å². The SMILES string of the molecule is C=CCNC(=O)/C=C/c1ccc(S(=O)(=O)NCc2ccco2)cc1. The van der Waals surface area contributed by atoms with Gasteiger partial charge in [-0.3, -0.25) is 4.79 Å². The third-order valence-corrected chi connectivity index (χ3v) is 4.47. The molecule has 0 spiro atoms. The Morgan fingerprint density at radius 2 is 1.96 bits per heavy atom. The van der Waals surface area contributed by atoms with Gasteiger partial charge in [-0.15, -0.1) is 6.58 Å². The first kappa shape index (κ1) is 17.7. The maximum absolute atomic E-state index is 12.2. The van der Waals surface area contributed by atoms with Crippen molar-refractivity contribution in [1.29, 1.82) is 0 Å². The zero-order valence-corrected chi connectivity index (χ0v) is 13.8. The van der Waals surface area contributed by atoms with E-state index in [1.165, 1.54) is 24.5 Å². The lowest BCUT2D eigenvalue weighted by molar-refractivity contribution is -0.116. The largest absolute Gasteiger partial charge is 0.468 e. The molecule has 2 N–H and O–H groups in total. The van der Waals surface area contributed by atoms with Crippen molar-refractivity contribution in [2.45, 2.75) is 11.4 Å². The minimum atomic E-state index is -3.62. The Morgan fingerprint density at radius 3 is 2.58 bits per heavy atom. The summed E-state index contributed by atoms with van der Waals surface area (Å²) in [5.41, 5.74) is 0.716. The predicted octanol–water partition coefficient (Wildman–Crippen LogP) is 2.07. The first-order valence-corrected chi connectivity index (χ1v) is 8.68. The molecule has 0 aliphatic heterocycles. The van der Waals surface area contributed by atoms with E-state index in [0.717, 1.165) is 0 Å². The van der Waals surface area contributed by atoms with Gasteiger partial charge >= 0.3 is 0 Å². The Balaban J connectivity index is 1.98. The molecule has 24 heavy (non-hydrogen) atoms. The number of sulfonamides is 1. The van der Waals surface area contributed by atoms with Gasteiger partial charge in [-0.2, -0.15) is 0 Å². The molecule has 0 fully saturated rings. The van der Waals surface area contributed by atoms with Crippen LogP contribution in [0.1, 0.15) is 11.3 Å². The van der Waals surface area contributed by atoms with Crippen LogP contribution in [0.15, 0.2) is 70.7 Å². The molecule has 0 saturated heterocycles. The molecule has 0 bridgehead atoms. The molecule has 126 valence electrons. The molecule has 0 saturated carbocycles. The van der Waals surface area contributed by atoms with Gasteiger partial charge in [-0.25, -0.2) is 13.1 Å². The molecule has 6 nitrogen and oxygen atoms in total. The fraction of sp³-hybridized carbons (Fsp3) is 0.118. The summed E-state index contributed by atoms with van der Waals surface area (Å²) in [7, 11) is -3.62. The minimum Gasteiger partial charge on any atom is -0.468 e. The average molecular weight is 346 g/mol. The van der Waals surface area contributed by atoms with Crippen molar-refractivity contribution in [2.24, 2.45) is 0 Å². The number of furan rings is 1. The second-order valence-corrected chi connectivity index (χ2v) is 6.61. The summed E-state index contributed by atoms with van der Waals surface area (Å²) in [6.07, 6.45) is 6.05. The lowest BCUT2D eigenvalue weighted by Gasteiger charge is -2.05. The summed E-state index contributed by atoms with van der Waals surface area (Å²) in [5, 5.41) is 2.61. The molecule has 0 radical (unpaired) electrons. The third-order valence-electron chi connectivity index (χ3n) is 3.05. The van der Waals surface area contributed by atoms with Crippen molar-refractivity contribution in [3.63, 3.8) is 0 Å². The fourth-order valence-electron chi connectivity index (χ4n) is 1.82. The van der Waals surface area contributed by atoms with E-state index in [0.29, 0.717) is 17.9 Å². The molecule has 1 amide bonds. The van der Waals surface area contributed by atoms with Crippen molar-refractivity contribution in [2.75, 3.05) is 6.54 Å². The maximum Gasteiger partial charge on any atom is 0.244 e. The molecule has 0 unspecified atom stereocenters. The number of hydrogen-bond donors (Lipinski definition) is 2. The Hall–Kier alpha value is -2.64. The van der Waals surface area contributed by atoms with Gasteiger partial charge in [-0.1, -0.05) is 18.2 Å². The van der Waals surface area contributed by atoms with E-state index in [9.17, 15) is 13.2 Å². The highest BCUT2D eigenvalue weighted by Crippen LogP contribution is 2.12. The molecular weight excluding hydrogens is 328 g/mol. The lowest BCUT2D eigenvalue weighted by atomic mass is 10.2. The second kappa shape index (κ2) is 8.28. The van der Waals surface area contributed by atoms with Gasteiger partial charge < -0.3 is 9.73 Å². The zero-order valence-electron chi connectivity index (χ0n) is 12.9. The molecule has 0 aliphatic rings. The lowest BCUT2D eigenvalue weighted by Crippen LogP contribution is -2.22. The Morgan fingerprint density at radius 1 is 1.21 bits per heavy atom. The van der Waals surface area contributed by atoms with Crippen molar-refractivity contribution < 1.29 is 17.6 Å². The highest BCUT2D eigenvalue weighted by molar-refractivity contribution is 7.89. The standard InChI is InChI=1S/C17H18N2O4S/c1-2-11-18-17(20)10-7-14-5-8-16(9-6-14)24(21,22)19-13-15-4-3-12-23-15/h2-10,12,19H,1,11,13H2,(H,18,20)/b10-7+. The van der Waals surface area contributed by atoms with Gasteiger partial charge in [0.05, 0.1) is 17.7 Å². The molecule has 0 aliphatic carbocycles. The number of nitrogens with one attached hydrogen (secondary N) is 2. The number of carbonyl (C=O) groups is 1. The fourth-order valence-corrected chi connectivity index (χ4v) is 2.82. The van der Waals surface area contributed by atoms with Crippen LogP contribution in [-0.2, 0) is 21.4 Å². The summed E-state index contributed by atoms with van der Waals surface area (Å²) in [6.45, 7) is 3.98. The molecule has 1 aromatic heterocycles. The van der Waals surface area contributed by atoms with Crippen LogP contribution in [0.25, 0.3) is 6.08 Å². The molecule has 2 aromatic rings. The van der Waals surface area contributed by atoms with Crippen molar-refractivity contribution >= 4 is 22.0 Å². The van der Waals surface area contributed by atoms with Gasteiger partial charge in [0.2, 0.25) is 15.9 Å². The molecule has 2 rings (SSSR count). The van der Waals surface area contributed by atoms with Crippen LogP contribution in [0, 0.1) is 0 Å². The molecule has 7 heteroatoms. The summed E-state index contributed by atoms with van der Waals surface area (Å²) in [5.74, 6) is 0.287. The summed E-state index contributed by atoms with van der Waals surface area (Å²) in [4.78, 5) is 11.6. The van der Waals surface area contributed by atoms with Gasteiger partial charge in [0.15, 0.2) is 0 Å². The van der Waals surface area contributed by atoms with Crippen LogP contribution in [0.4, 0.5) is 0 Å². The Kier molecular flexibility index (Phi) is 6.11. The van der Waals surface area contributed by atoms with Gasteiger partial charge in [-0.05, 0) is 35.9 Å². The van der Waals surface area contributed by atoms with E-state index in [-0.39, 0.29) is 17.3 Å². The van der Waals surface area contributed by atoms with E-state index >= 15 is 0 Å². The van der Waals surface area contributed by atoms with Crippen LogP contribution in [-0.4, -0.2) is 20.9 Å². The quantitative estimate of drug-likeness (QED) is 0.566. The number of amides is 1. The highest BCUT2D eigenvalue weighted by atomic mass is 32.2. The number of carbonyl (C=O) groups excluding carboxylic acids is 1. The minimum absolute atomic E-state index is 0.0838. The zero-order chi connectivity index (χ0) is 17.4. The Bertz CT molecular complexity index is 807. The van der Waals surface area contributed by atoms with E-state index < -0.39 is 10.0 Å². The summed E-state index contributed by atoms with van der Waals surface area (Å²) < 4.78 is 31.9. The van der Waals surface area contributed by atoms with Crippen LogP contribution in [0.5, 0.6) is 0 Å². The van der Waals surface area contributed by atoms with E-state index in [4.69, 9.17) is 4.42 Å². The first-order valence-electron chi connectivity index (χ1n) is 7.20. The van der Waals surface area contributed by atoms with Crippen LogP contribution in [0.3, 0.4) is 0 Å². The highest BCUT2D eigenvalue weighted by Gasteiger charge is 2.13. The maximum atomic E-state index is 12.2. The smallest absolute Gasteiger partial charge is 0.244 e. The third kappa shape index (κ3) is 5.22. The number of hydrogen-bond acceptors (Lipinski definition) is 4. The summed E-state index contributed by atoms with van der Waals surface area (Å²) in [6, 6.07) is 9.58. The van der Waals surface area contributed by atoms with E-state index in [2.05, 4.69) is 16.6 Å². The molecule has 0 atom stereocenters. The summed E-state index contributed by atoms with van der Waals surface area (Å²) >= 11 is 0. The Labute approximate surface area is 140 Å². The van der Waals surface area contributed by atoms with Gasteiger partial charge in [0, 0.05) is 12.6 Å². The van der Waals surface area contributed by atoms with E-state index in [1.54, 1.807) is 36.4 Å². The van der Waals surface area contributed by atoms with E-state index in [1.807, 2.05) is 0 Å². The van der Waals surface area contributed by atoms with Crippen molar-refractivity contribution in [3.05, 3.63) is 72.7 Å². The van der Waals surface area contributed by atoms with Crippen molar-refractivity contribution in [1.82, 2.24) is 10.0 Å². The number of benzene rings is 1. The molecule has 1 heterocycles. The second-order valence-electron chi connectivity index (χ2n) is 4.84. The van der Waals surface area contributed by atoms with Crippen LogP contribution < -0.4 is 10.0 Å². The average Bonchev–Trinajstić information content (AvgIpc) is 3.10.